The van der Waals surface area contributed by atoms with Gasteiger partial charge in [0, 0.05) is 82.3 Å². The molecule has 5 aliphatic rings. The molecule has 4 aromatic rings. The number of morpholine rings is 1. The fraction of sp³-hybridized carbons (Fsp3) is 0.444. The third kappa shape index (κ3) is 8.27. The fourth-order valence-electron chi connectivity index (χ4n) is 9.64. The molecule has 1 aromatic heterocycles. The number of fused-ring (bicyclic) bond motifs is 2. The van der Waals surface area contributed by atoms with Crippen LogP contribution in [-0.4, -0.2) is 109 Å². The van der Waals surface area contributed by atoms with Crippen molar-refractivity contribution < 1.29 is 33.4 Å². The summed E-state index contributed by atoms with van der Waals surface area (Å²) in [6.45, 7) is 5.08. The van der Waals surface area contributed by atoms with Crippen molar-refractivity contribution in [3.05, 3.63) is 84.2 Å². The van der Waals surface area contributed by atoms with E-state index >= 15 is 4.39 Å². The maximum Gasteiger partial charge on any atom is 0.234 e. The number of rotatable bonds is 9. The average molecular weight is 819 g/mol. The molecule has 0 saturated carbocycles. The number of phenolic OH excluding ortho intramolecular Hbond substituents is 1. The largest absolute Gasteiger partial charge is 0.507 e. The maximum atomic E-state index is 15.3. The summed E-state index contributed by atoms with van der Waals surface area (Å²) < 4.78 is 27.9. The van der Waals surface area contributed by atoms with Crippen molar-refractivity contribution in [3.63, 3.8) is 0 Å². The van der Waals surface area contributed by atoms with Crippen LogP contribution in [0.3, 0.4) is 0 Å². The third-order valence-corrected chi connectivity index (χ3v) is 12.8. The van der Waals surface area contributed by atoms with Gasteiger partial charge in [-0.1, -0.05) is 24.3 Å². The summed E-state index contributed by atoms with van der Waals surface area (Å²) in [5, 5.41) is 21.3. The second-order valence-corrected chi connectivity index (χ2v) is 16.7. The number of nitrogen functional groups attached to an aromatic ring is 1. The van der Waals surface area contributed by atoms with Gasteiger partial charge in [0.1, 0.15) is 23.4 Å². The number of nitrogens with one attached hydrogen (secondary N) is 1. The van der Waals surface area contributed by atoms with Crippen LogP contribution in [0.1, 0.15) is 56.4 Å². The number of carbonyl (C=O) groups is 3. The number of hydrogen-bond donors (Lipinski definition) is 3. The number of benzene rings is 3. The van der Waals surface area contributed by atoms with Crippen molar-refractivity contribution in [2.24, 2.45) is 5.92 Å². The zero-order valence-electron chi connectivity index (χ0n) is 33.5. The Hall–Kier alpha value is -5.96. The summed E-state index contributed by atoms with van der Waals surface area (Å²) in [5.41, 5.74) is 10.5. The lowest BCUT2D eigenvalue weighted by atomic mass is 9.89. The van der Waals surface area contributed by atoms with Crippen molar-refractivity contribution in [2.45, 2.75) is 69.1 Å². The van der Waals surface area contributed by atoms with Crippen LogP contribution < -0.4 is 30.5 Å². The van der Waals surface area contributed by atoms with Crippen LogP contribution in [0.2, 0.25) is 0 Å². The molecule has 314 valence electrons. The number of halogens is 1. The molecule has 1 unspecified atom stereocenters. The van der Waals surface area contributed by atoms with Gasteiger partial charge in [0.25, 0.3) is 0 Å². The minimum Gasteiger partial charge on any atom is -0.507 e. The van der Waals surface area contributed by atoms with Crippen LogP contribution in [0.15, 0.2) is 72.8 Å². The van der Waals surface area contributed by atoms with Gasteiger partial charge < -0.3 is 39.9 Å². The zero-order valence-corrected chi connectivity index (χ0v) is 33.5. The van der Waals surface area contributed by atoms with Crippen LogP contribution in [0.5, 0.6) is 11.5 Å². The molecule has 0 radical (unpaired) electrons. The molecule has 0 aliphatic carbocycles. The van der Waals surface area contributed by atoms with Crippen LogP contribution in [0.4, 0.5) is 27.3 Å². The number of imide groups is 1. The first-order valence-corrected chi connectivity index (χ1v) is 21.1. The number of ether oxygens (including phenoxy) is 2. The molecular formula is C45H51FN8O6. The lowest BCUT2D eigenvalue weighted by Crippen LogP contribution is -2.65. The number of anilines is 4. The number of likely N-dealkylation sites (tertiary alicyclic amines) is 1. The standard InChI is InChI=1S/C45H51FN8O6/c46-37-21-29(35-9-11-42(56)48-45(35)58)8-10-39(37)51-16-12-28(13-17-51)20-43(57)52-18-14-33(15-19-52)60-34-5-3-4-30(22-34)54-31-24-53(25-32(54)27-59-26-31)40-23-38(49-50-44(40)47)36-6-1-2-7-41(36)55/h1-8,10,21-23,28,31-33,35,55H,9,11-20,24-27H2,(H2,47,50)(H,48,56,58)/t31-,32+,35?. The topological polar surface area (TPSA) is 167 Å². The molecule has 14 nitrogen and oxygen atoms in total. The van der Waals surface area contributed by atoms with Gasteiger partial charge in [0.2, 0.25) is 17.7 Å². The van der Waals surface area contributed by atoms with Crippen molar-refractivity contribution in [2.75, 3.05) is 72.9 Å². The number of aromatic hydroxyl groups is 1. The number of aromatic nitrogens is 2. The normalized spacial score (nSPS) is 22.8. The highest BCUT2D eigenvalue weighted by Gasteiger charge is 2.40. The smallest absolute Gasteiger partial charge is 0.234 e. The Bertz CT molecular complexity index is 2230. The first-order valence-electron chi connectivity index (χ1n) is 21.1. The highest BCUT2D eigenvalue weighted by Crippen LogP contribution is 2.37. The summed E-state index contributed by atoms with van der Waals surface area (Å²) in [4.78, 5) is 45.9. The van der Waals surface area contributed by atoms with E-state index in [9.17, 15) is 19.5 Å². The third-order valence-electron chi connectivity index (χ3n) is 12.8. The van der Waals surface area contributed by atoms with Gasteiger partial charge in [-0.25, -0.2) is 4.39 Å². The lowest BCUT2D eigenvalue weighted by Gasteiger charge is -2.51. The molecule has 15 heteroatoms. The second-order valence-electron chi connectivity index (χ2n) is 16.7. The van der Waals surface area contributed by atoms with Crippen LogP contribution in [0.25, 0.3) is 11.3 Å². The lowest BCUT2D eigenvalue weighted by molar-refractivity contribution is -0.135. The molecular weight excluding hydrogens is 768 g/mol. The van der Waals surface area contributed by atoms with Crippen LogP contribution >= 0.6 is 0 Å². The average Bonchev–Trinajstić information content (AvgIpc) is 3.24. The van der Waals surface area contributed by atoms with E-state index in [0.717, 1.165) is 42.8 Å². The Morgan fingerprint density at radius 1 is 0.867 bits per heavy atom. The van der Waals surface area contributed by atoms with Crippen molar-refractivity contribution in [1.29, 1.82) is 0 Å². The van der Waals surface area contributed by atoms with E-state index in [-0.39, 0.29) is 59.8 Å². The van der Waals surface area contributed by atoms with E-state index < -0.39 is 5.92 Å². The summed E-state index contributed by atoms with van der Waals surface area (Å²) in [6, 6.07) is 22.3. The van der Waals surface area contributed by atoms with Crippen molar-refractivity contribution >= 4 is 40.6 Å². The summed E-state index contributed by atoms with van der Waals surface area (Å²) in [7, 11) is 0. The molecule has 6 heterocycles. The molecule has 5 saturated heterocycles. The van der Waals surface area contributed by atoms with Gasteiger partial charge in [-0.05, 0) is 73.2 Å². The number of nitrogens with two attached hydrogens (primary N) is 1. The number of para-hydroxylation sites is 1. The minimum atomic E-state index is -0.521. The molecule has 3 amide bonds. The molecule has 60 heavy (non-hydrogen) atoms. The molecule has 5 aliphatic heterocycles. The fourth-order valence-corrected chi connectivity index (χ4v) is 9.64. The number of amides is 3. The van der Waals surface area contributed by atoms with E-state index in [4.69, 9.17) is 15.2 Å². The van der Waals surface area contributed by atoms with Gasteiger partial charge in [0.15, 0.2) is 5.82 Å². The van der Waals surface area contributed by atoms with Gasteiger partial charge in [-0.3, -0.25) is 19.7 Å². The van der Waals surface area contributed by atoms with E-state index in [2.05, 4.69) is 37.4 Å². The van der Waals surface area contributed by atoms with Gasteiger partial charge >= 0.3 is 0 Å². The molecule has 5 fully saturated rings. The van der Waals surface area contributed by atoms with Crippen LogP contribution in [0, 0.1) is 11.7 Å². The second kappa shape index (κ2) is 17.0. The van der Waals surface area contributed by atoms with Crippen LogP contribution in [-0.2, 0) is 19.1 Å². The summed E-state index contributed by atoms with van der Waals surface area (Å²) in [6.07, 6.45) is 4.23. The summed E-state index contributed by atoms with van der Waals surface area (Å²) >= 11 is 0. The van der Waals surface area contributed by atoms with Gasteiger partial charge in [0.05, 0.1) is 48.3 Å². The van der Waals surface area contributed by atoms with E-state index in [1.807, 2.05) is 40.1 Å². The Morgan fingerprint density at radius 2 is 1.63 bits per heavy atom. The Kier molecular flexibility index (Phi) is 11.2. The number of hydrogen-bond acceptors (Lipinski definition) is 12. The first kappa shape index (κ1) is 39.5. The highest BCUT2D eigenvalue weighted by molar-refractivity contribution is 6.01. The minimum absolute atomic E-state index is 0.00362. The van der Waals surface area contributed by atoms with E-state index in [1.54, 1.807) is 24.3 Å². The number of nitrogens with zero attached hydrogens (tertiary/aromatic N) is 6. The van der Waals surface area contributed by atoms with E-state index in [0.29, 0.717) is 93.7 Å². The highest BCUT2D eigenvalue weighted by atomic mass is 19.1. The number of piperazine rings is 1. The maximum absolute atomic E-state index is 15.3. The molecule has 2 bridgehead atoms. The Morgan fingerprint density at radius 3 is 2.37 bits per heavy atom. The Balaban J connectivity index is 0.754. The number of piperidine rings is 3. The molecule has 4 N–H and O–H groups in total. The van der Waals surface area contributed by atoms with E-state index in [1.165, 1.54) is 6.07 Å². The number of phenols is 1. The van der Waals surface area contributed by atoms with Crippen molar-refractivity contribution in [1.82, 2.24) is 20.4 Å². The van der Waals surface area contributed by atoms with Gasteiger partial charge in [-0.2, -0.15) is 0 Å². The molecule has 0 spiro atoms. The van der Waals surface area contributed by atoms with Gasteiger partial charge in [-0.15, -0.1) is 10.2 Å². The first-order chi connectivity index (χ1) is 29.2. The summed E-state index contributed by atoms with van der Waals surface area (Å²) in [5.74, 6) is 0.142. The molecule has 3 atom stereocenters. The quantitative estimate of drug-likeness (QED) is 0.197. The van der Waals surface area contributed by atoms with Crippen molar-refractivity contribution in [3.8, 4) is 22.8 Å². The monoisotopic (exact) mass is 818 g/mol. The number of carbonyl (C=O) groups excluding carboxylic acids is 3. The molecule has 9 rings (SSSR count). The predicted molar refractivity (Wildman–Crippen MR) is 224 cm³/mol. The molecule has 3 aromatic carbocycles. The Labute approximate surface area is 348 Å². The SMILES string of the molecule is Nc1nnc(-c2ccccc2O)cc1N1C[C@H]2COC[C@@H](C1)N2c1cccc(OC2CCN(C(=O)CC3CCN(c4ccc(C5CCC(=O)NC5=O)cc4F)CC3)CC2)c1. The predicted octanol–water partition coefficient (Wildman–Crippen LogP) is 4.86. The zero-order chi connectivity index (χ0) is 41.3.